The van der Waals surface area contributed by atoms with E-state index in [-0.39, 0.29) is 13.5 Å². The number of nitrogens with one attached hydrogen (secondary N) is 8. The first-order chi connectivity index (χ1) is 71.7. The largest absolute Gasteiger partial charge is 0.474 e. The molecular weight excluding hydrogens is 1860 g/mol. The lowest BCUT2D eigenvalue weighted by atomic mass is 9.86. The molecule has 0 bridgehead atoms. The van der Waals surface area contributed by atoms with E-state index in [2.05, 4.69) is 142 Å². The number of nitrogens with zero attached hydrogens (tertiary/aromatic N) is 15. The van der Waals surface area contributed by atoms with Gasteiger partial charge in [0.15, 0.2) is 0 Å². The maximum Gasteiger partial charge on any atom is 0.226 e. The highest BCUT2D eigenvalue weighted by atomic mass is 32.2. The van der Waals surface area contributed by atoms with Gasteiger partial charge in [0.05, 0.1) is 61.2 Å². The number of hydrogen-bond donors (Lipinski definition) is 8. The molecule has 5 saturated carbocycles. The number of morpholine rings is 3. The van der Waals surface area contributed by atoms with Crippen LogP contribution >= 0.6 is 11.8 Å². The van der Waals surface area contributed by atoms with Crippen LogP contribution in [0.4, 0.5) is 17.3 Å². The van der Waals surface area contributed by atoms with Gasteiger partial charge in [-0.25, -0.2) is 44.9 Å². The number of piperidine rings is 2. The van der Waals surface area contributed by atoms with Crippen LogP contribution < -0.4 is 20.7 Å². The Labute approximate surface area is 866 Å². The van der Waals surface area contributed by atoms with E-state index in [1.165, 1.54) is 195 Å². The Morgan fingerprint density at radius 3 is 1.13 bits per heavy atom. The molecule has 0 unspecified atom stereocenters. The minimum Gasteiger partial charge on any atom is -0.474 e. The number of likely N-dealkylation sites (tertiary alicyclic amines) is 3. The number of rotatable bonds is 20. The van der Waals surface area contributed by atoms with Gasteiger partial charge in [0, 0.05) is 246 Å². The number of hydrogen-bond acceptors (Lipinski definition) is 28. The molecule has 2 atom stereocenters. The average Bonchev–Trinajstić information content (AvgIpc) is 1.66. The van der Waals surface area contributed by atoms with Gasteiger partial charge in [-0.15, -0.1) is 11.8 Å². The van der Waals surface area contributed by atoms with Crippen LogP contribution in [0.5, 0.6) is 5.88 Å². The quantitative estimate of drug-likeness (QED) is 0.0329. The fourth-order valence-corrected chi connectivity index (χ4v) is 28.9. The van der Waals surface area contributed by atoms with Crippen LogP contribution in [0.2, 0.25) is 0 Å². The predicted octanol–water partition coefficient (Wildman–Crippen LogP) is 17.8. The Hall–Kier alpha value is -8.33. The third-order valence-electron chi connectivity index (χ3n) is 36.0. The molecular formula is C112H165N23O10S. The fourth-order valence-electron chi connectivity index (χ4n) is 27.6. The second kappa shape index (κ2) is 50.7. The van der Waals surface area contributed by atoms with Crippen molar-refractivity contribution < 1.29 is 47.4 Å². The summed E-state index contributed by atoms with van der Waals surface area (Å²) in [6, 6.07) is 7.80. The van der Waals surface area contributed by atoms with Gasteiger partial charge in [0.2, 0.25) is 11.8 Å². The lowest BCUT2D eigenvalue weighted by Crippen LogP contribution is -2.50. The number of fused-ring (bicyclic) bond motifs is 6. The molecule has 34 heteroatoms. The molecule has 21 heterocycles. The van der Waals surface area contributed by atoms with Crippen molar-refractivity contribution in [1.29, 1.82) is 0 Å². The highest BCUT2D eigenvalue weighted by Crippen LogP contribution is 2.47. The molecule has 794 valence electrons. The summed E-state index contributed by atoms with van der Waals surface area (Å²) in [5.74, 6) is 6.29. The predicted molar refractivity (Wildman–Crippen MR) is 573 cm³/mol. The number of ether oxygens (including phenoxy) is 9. The fraction of sp³-hybridized carbons (Fsp3) is 0.714. The number of amides is 1. The first-order valence-corrected chi connectivity index (χ1v) is 57.5. The number of carbonyl (C=O) groups is 1. The van der Waals surface area contributed by atoms with Gasteiger partial charge in [-0.2, -0.15) is 0 Å². The van der Waals surface area contributed by atoms with E-state index in [9.17, 15) is 4.79 Å². The van der Waals surface area contributed by atoms with E-state index in [1.54, 1.807) is 25.3 Å². The Bertz CT molecular complexity index is 5160. The molecule has 11 aliphatic heterocycles. The Balaban J connectivity index is 0.000000107. The van der Waals surface area contributed by atoms with E-state index in [4.69, 9.17) is 47.6 Å². The molecule has 16 fully saturated rings. The topological polar surface area (TPSA) is 351 Å². The van der Waals surface area contributed by atoms with Crippen molar-refractivity contribution in [2.45, 2.75) is 333 Å². The Morgan fingerprint density at radius 2 is 0.685 bits per heavy atom. The van der Waals surface area contributed by atoms with E-state index >= 15 is 0 Å². The molecule has 146 heavy (non-hydrogen) atoms. The van der Waals surface area contributed by atoms with Gasteiger partial charge in [-0.1, -0.05) is 13.8 Å². The third kappa shape index (κ3) is 25.0. The van der Waals surface area contributed by atoms with Crippen LogP contribution in [-0.4, -0.2) is 349 Å². The summed E-state index contributed by atoms with van der Waals surface area (Å²) < 4.78 is 50.8. The smallest absolute Gasteiger partial charge is 0.226 e. The molecule has 33 nitrogen and oxygen atoms in total. The average molecular weight is 2030 g/mol. The van der Waals surface area contributed by atoms with Crippen molar-refractivity contribution in [2.75, 3.05) is 194 Å². The van der Waals surface area contributed by atoms with Crippen LogP contribution in [0.3, 0.4) is 0 Å². The zero-order valence-corrected chi connectivity index (χ0v) is 86.8. The summed E-state index contributed by atoms with van der Waals surface area (Å²) in [7, 11) is 1.99. The van der Waals surface area contributed by atoms with Crippen LogP contribution in [0.25, 0.3) is 55.2 Å². The molecule has 0 aromatic carbocycles. The number of anilines is 3. The highest BCUT2D eigenvalue weighted by molar-refractivity contribution is 8.00. The molecule has 26 rings (SSSR count). The van der Waals surface area contributed by atoms with E-state index in [0.717, 1.165) is 330 Å². The molecule has 16 aliphatic rings. The number of thioether (sulfide) groups is 1. The van der Waals surface area contributed by atoms with Crippen LogP contribution in [0, 0.1) is 5.92 Å². The lowest BCUT2D eigenvalue weighted by molar-refractivity contribution is -0.127. The van der Waals surface area contributed by atoms with E-state index in [1.807, 2.05) is 29.9 Å². The van der Waals surface area contributed by atoms with Gasteiger partial charge in [-0.05, 0) is 288 Å². The molecule has 1 amide bonds. The number of carbonyl (C=O) groups excluding carboxylic acids is 1. The first-order valence-electron chi connectivity index (χ1n) is 56.6. The van der Waals surface area contributed by atoms with Crippen LogP contribution in [0.15, 0.2) is 73.6 Å². The van der Waals surface area contributed by atoms with E-state index < -0.39 is 0 Å². The highest BCUT2D eigenvalue weighted by Gasteiger charge is 2.44. The number of aromatic amines is 5. The van der Waals surface area contributed by atoms with E-state index in [0.29, 0.717) is 82.9 Å². The van der Waals surface area contributed by atoms with Crippen molar-refractivity contribution in [3.8, 4) is 5.88 Å². The lowest BCUT2D eigenvalue weighted by Gasteiger charge is -2.43. The minimum atomic E-state index is 0. The molecule has 0 radical (unpaired) electrons. The van der Waals surface area contributed by atoms with Gasteiger partial charge in [0.25, 0.3) is 0 Å². The molecule has 8 N–H and O–H groups in total. The standard InChI is InChI=1S/C25H36N6O2.C23H34N4O.C21H31N5O2.C21H30N4O3.C21H30N4O2S.CH4/c1-30-21-6-9-31(14-17(21)12-22(30)32)19-4-2-18(3-5-19)29-25-23-20(16-7-10-33-11-8-16)13-26-24(23)27-15-28-25;1-2-12-27(13-3-1)19-6-4-18(5-7-19)26-21-8-11-24-23-22(21)20(16-25-23)17-9-14-28-15-10-17;1-3-17(26-7-11-28-12-8-26)4-2-16(1)25-21-19-18(15-5-9-27-10-6-15)13-22-20(19)23-14-24-21;2*1-3-17(4-2-16(1)25-7-11-27-12-8-25)28-21-19-18(15-5-9-26-10-6-15)13-22-20(19)23-14-24-21;/h13,15-19,21H,2-12,14H2,1H3,(H2,26,27,28,29);8,11,16-19H,1-7,9-10,12-15H2,(H2,24,25,26);13-17H,1-12H2,(H2,22,23,24,25);2*13-17H,1-12H2,(H,22,23,24);1H4/t17-,18?,19?,21+;;;;;/m1...../s1. The minimum absolute atomic E-state index is 0. The van der Waals surface area contributed by atoms with Gasteiger partial charge < -0.3 is 93.3 Å². The summed E-state index contributed by atoms with van der Waals surface area (Å²) >= 11 is 1.98. The molecule has 5 aliphatic carbocycles. The van der Waals surface area contributed by atoms with Gasteiger partial charge in [0.1, 0.15) is 76.3 Å². The summed E-state index contributed by atoms with van der Waals surface area (Å²) in [5.41, 5.74) is 12.8. The monoisotopic (exact) mass is 2020 g/mol. The number of pyridine rings is 1. The third-order valence-corrected chi connectivity index (χ3v) is 37.3. The van der Waals surface area contributed by atoms with Crippen LogP contribution in [0.1, 0.15) is 290 Å². The van der Waals surface area contributed by atoms with Crippen molar-refractivity contribution in [3.05, 3.63) is 96.4 Å². The Kier molecular flexibility index (Phi) is 35.9. The summed E-state index contributed by atoms with van der Waals surface area (Å²) in [4.78, 5) is 85.3. The number of H-pyrrole nitrogens is 5. The summed E-state index contributed by atoms with van der Waals surface area (Å²) in [6.07, 6.45) is 61.1. The second-order valence-electron chi connectivity index (χ2n) is 44.3. The van der Waals surface area contributed by atoms with Crippen molar-refractivity contribution >= 4 is 90.2 Å². The zero-order valence-electron chi connectivity index (χ0n) is 86.0. The summed E-state index contributed by atoms with van der Waals surface area (Å²) in [5, 5.41) is 19.3. The first kappa shape index (κ1) is 103. The van der Waals surface area contributed by atoms with Crippen molar-refractivity contribution in [1.82, 2.24) is 99.2 Å². The maximum absolute atomic E-state index is 12.1. The molecule has 10 aromatic heterocycles. The van der Waals surface area contributed by atoms with Gasteiger partial charge in [-0.3, -0.25) is 24.4 Å². The maximum atomic E-state index is 12.1. The SMILES string of the molecule is C.CN1C(=O)C[C@@H]2CN(C3CCC(Nc4ncnc5[nH]cc(C6CCOCC6)c45)CC3)CC[C@@H]21.c1cc(NC2CCC(N3CCCCC3)CC2)c2c(C3CCOCC3)c[nH]c2n1.c1nc(NC2CCC(N3CCOCC3)CC2)c2c(C3CCOCC3)c[nH]c2n1.c1nc(OC2CCC(N3CCOCC3)CC2)c2c(C3CCOCC3)c[nH]c2n1.c1nc(SC2CCC(N3CCOCC3)CC2)c2c(C3CCOCC3)c[nH]c2n1. The molecule has 11 saturated heterocycles. The molecule has 10 aromatic rings. The number of aromatic nitrogens is 14. The Morgan fingerprint density at radius 1 is 0.336 bits per heavy atom. The molecule has 0 spiro atoms. The second-order valence-corrected chi connectivity index (χ2v) is 45.6. The van der Waals surface area contributed by atoms with Crippen molar-refractivity contribution in [2.24, 2.45) is 5.92 Å². The van der Waals surface area contributed by atoms with Crippen molar-refractivity contribution in [3.63, 3.8) is 0 Å². The van der Waals surface area contributed by atoms with Gasteiger partial charge >= 0.3 is 0 Å². The zero-order chi connectivity index (χ0) is 97.4. The van der Waals surface area contributed by atoms with Crippen LogP contribution in [-0.2, 0) is 42.7 Å². The summed E-state index contributed by atoms with van der Waals surface area (Å²) in [6.45, 7) is 25.2. The normalized spacial score (nSPS) is 28.6.